The van der Waals surface area contributed by atoms with Crippen LogP contribution in [0, 0.1) is 0 Å². The van der Waals surface area contributed by atoms with Gasteiger partial charge in [0.2, 0.25) is 0 Å². The van der Waals surface area contributed by atoms with Gasteiger partial charge in [0.15, 0.2) is 0 Å². The highest BCUT2D eigenvalue weighted by Gasteiger charge is 2.20. The molecule has 30 heavy (non-hydrogen) atoms. The Hall–Kier alpha value is -2.90. The van der Waals surface area contributed by atoms with E-state index in [0.717, 1.165) is 22.3 Å². The second-order valence-corrected chi connectivity index (χ2v) is 7.77. The number of aromatic nitrogens is 2. The molecule has 156 valence electrons. The highest BCUT2D eigenvalue weighted by molar-refractivity contribution is 6.33. The van der Waals surface area contributed by atoms with Crippen LogP contribution in [0.25, 0.3) is 10.9 Å². The van der Waals surface area contributed by atoms with Gasteiger partial charge in [0.05, 0.1) is 29.3 Å². The number of morpholine rings is 1. The summed E-state index contributed by atoms with van der Waals surface area (Å²) in [7, 11) is 3.94. The predicted molar refractivity (Wildman–Crippen MR) is 119 cm³/mol. The number of hydrogen-bond donors (Lipinski definition) is 1. The van der Waals surface area contributed by atoms with E-state index >= 15 is 0 Å². The summed E-state index contributed by atoms with van der Waals surface area (Å²) in [5, 5.41) is 4.79. The Morgan fingerprint density at radius 3 is 2.73 bits per heavy atom. The van der Waals surface area contributed by atoms with Gasteiger partial charge in [-0.2, -0.15) is 0 Å². The Kier molecular flexibility index (Phi) is 6.01. The number of nitrogens with one attached hydrogen (secondary N) is 1. The van der Waals surface area contributed by atoms with Crippen LogP contribution in [-0.4, -0.2) is 61.2 Å². The minimum Gasteiger partial charge on any atom is -0.378 e. The van der Waals surface area contributed by atoms with Crippen LogP contribution in [0.3, 0.4) is 0 Å². The van der Waals surface area contributed by atoms with Gasteiger partial charge in [-0.1, -0.05) is 29.8 Å². The number of amides is 1. The van der Waals surface area contributed by atoms with Gasteiger partial charge in [0.25, 0.3) is 5.91 Å². The van der Waals surface area contributed by atoms with E-state index in [4.69, 9.17) is 16.3 Å². The molecule has 4 rings (SSSR count). The average Bonchev–Trinajstić information content (AvgIpc) is 2.78. The van der Waals surface area contributed by atoms with Crippen molar-refractivity contribution in [3.8, 4) is 0 Å². The van der Waals surface area contributed by atoms with Crippen molar-refractivity contribution in [2.24, 2.45) is 0 Å². The van der Waals surface area contributed by atoms with Crippen LogP contribution in [0.1, 0.15) is 15.9 Å². The molecule has 1 amide bonds. The zero-order chi connectivity index (χ0) is 21.1. The summed E-state index contributed by atoms with van der Waals surface area (Å²) in [5.74, 6) is 1.36. The first-order valence-corrected chi connectivity index (χ1v) is 10.2. The van der Waals surface area contributed by atoms with E-state index in [1.807, 2.05) is 37.2 Å². The Balaban J connectivity index is 1.53. The SMILES string of the molecule is CN(C)c1cc(CNc2ncc(C(=O)N3CCOCC3)cc2Cl)c2ccccc2n1. The molecule has 1 aliphatic heterocycles. The summed E-state index contributed by atoms with van der Waals surface area (Å²) >= 11 is 6.44. The van der Waals surface area contributed by atoms with Crippen molar-refractivity contribution in [2.75, 3.05) is 50.6 Å². The quantitative estimate of drug-likeness (QED) is 0.675. The number of rotatable bonds is 5. The van der Waals surface area contributed by atoms with E-state index in [2.05, 4.69) is 27.4 Å². The molecule has 0 aliphatic carbocycles. The van der Waals surface area contributed by atoms with Gasteiger partial charge < -0.3 is 19.9 Å². The maximum Gasteiger partial charge on any atom is 0.255 e. The molecule has 0 unspecified atom stereocenters. The molecule has 1 N–H and O–H groups in total. The number of anilines is 2. The maximum absolute atomic E-state index is 12.6. The molecule has 2 aromatic heterocycles. The fourth-order valence-electron chi connectivity index (χ4n) is 3.42. The molecule has 0 spiro atoms. The number of hydrogen-bond acceptors (Lipinski definition) is 6. The molecule has 0 saturated carbocycles. The number of carbonyl (C=O) groups is 1. The van der Waals surface area contributed by atoms with Gasteiger partial charge >= 0.3 is 0 Å². The van der Waals surface area contributed by atoms with E-state index in [0.29, 0.717) is 49.3 Å². The van der Waals surface area contributed by atoms with Crippen molar-refractivity contribution < 1.29 is 9.53 Å². The number of ether oxygens (including phenoxy) is 1. The lowest BCUT2D eigenvalue weighted by Crippen LogP contribution is -2.40. The van der Waals surface area contributed by atoms with Crippen molar-refractivity contribution in [1.82, 2.24) is 14.9 Å². The second-order valence-electron chi connectivity index (χ2n) is 7.36. The second kappa shape index (κ2) is 8.85. The third-order valence-corrected chi connectivity index (χ3v) is 5.37. The average molecular weight is 426 g/mol. The zero-order valence-electron chi connectivity index (χ0n) is 17.1. The molecule has 1 aromatic carbocycles. The molecule has 3 aromatic rings. The van der Waals surface area contributed by atoms with Crippen LogP contribution >= 0.6 is 11.6 Å². The zero-order valence-corrected chi connectivity index (χ0v) is 17.8. The highest BCUT2D eigenvalue weighted by Crippen LogP contribution is 2.25. The fraction of sp³-hybridized carbons (Fsp3) is 0.318. The number of fused-ring (bicyclic) bond motifs is 1. The van der Waals surface area contributed by atoms with E-state index in [1.54, 1.807) is 17.2 Å². The predicted octanol–water partition coefficient (Wildman–Crippen LogP) is 3.43. The van der Waals surface area contributed by atoms with Crippen LogP contribution in [-0.2, 0) is 11.3 Å². The van der Waals surface area contributed by atoms with E-state index in [-0.39, 0.29) is 5.91 Å². The summed E-state index contributed by atoms with van der Waals surface area (Å²) in [6.07, 6.45) is 1.57. The van der Waals surface area contributed by atoms with Gasteiger partial charge in [-0.3, -0.25) is 4.79 Å². The molecular formula is C22H24ClN5O2. The smallest absolute Gasteiger partial charge is 0.255 e. The third-order valence-electron chi connectivity index (χ3n) is 5.08. The van der Waals surface area contributed by atoms with Crippen LogP contribution in [0.5, 0.6) is 0 Å². The minimum absolute atomic E-state index is 0.0741. The minimum atomic E-state index is -0.0741. The number of halogens is 1. The first kappa shape index (κ1) is 20.4. The number of pyridine rings is 2. The van der Waals surface area contributed by atoms with Gasteiger partial charge in [0.1, 0.15) is 11.6 Å². The van der Waals surface area contributed by atoms with Gasteiger partial charge in [-0.05, 0) is 23.8 Å². The number of benzene rings is 1. The first-order valence-electron chi connectivity index (χ1n) is 9.85. The molecule has 1 aliphatic rings. The van der Waals surface area contributed by atoms with E-state index in [9.17, 15) is 4.79 Å². The van der Waals surface area contributed by atoms with Crippen molar-refractivity contribution >= 4 is 40.0 Å². The van der Waals surface area contributed by atoms with E-state index in [1.165, 1.54) is 0 Å². The normalized spacial score (nSPS) is 14.0. The Morgan fingerprint density at radius 2 is 2.00 bits per heavy atom. The Morgan fingerprint density at radius 1 is 1.23 bits per heavy atom. The van der Waals surface area contributed by atoms with Crippen molar-refractivity contribution in [2.45, 2.75) is 6.54 Å². The lowest BCUT2D eigenvalue weighted by Gasteiger charge is -2.26. The first-order chi connectivity index (χ1) is 14.5. The van der Waals surface area contributed by atoms with Crippen LogP contribution < -0.4 is 10.2 Å². The summed E-state index contributed by atoms with van der Waals surface area (Å²) < 4.78 is 5.30. The number of carbonyl (C=O) groups excluding carboxylic acids is 1. The van der Waals surface area contributed by atoms with Gasteiger partial charge in [-0.25, -0.2) is 9.97 Å². The highest BCUT2D eigenvalue weighted by atomic mass is 35.5. The summed E-state index contributed by atoms with van der Waals surface area (Å²) in [4.78, 5) is 25.5. The molecule has 8 heteroatoms. The molecule has 0 bridgehead atoms. The third kappa shape index (κ3) is 4.32. The van der Waals surface area contributed by atoms with Crippen LogP contribution in [0.2, 0.25) is 5.02 Å². The Labute approximate surface area is 180 Å². The topological polar surface area (TPSA) is 70.6 Å². The molecule has 0 radical (unpaired) electrons. The van der Waals surface area contributed by atoms with Crippen molar-refractivity contribution in [1.29, 1.82) is 0 Å². The molecule has 1 fully saturated rings. The van der Waals surface area contributed by atoms with Crippen molar-refractivity contribution in [3.05, 3.63) is 58.7 Å². The summed E-state index contributed by atoms with van der Waals surface area (Å²) in [6, 6.07) is 11.8. The number of para-hydroxylation sites is 1. The number of nitrogens with zero attached hydrogens (tertiary/aromatic N) is 4. The van der Waals surface area contributed by atoms with Crippen LogP contribution in [0.15, 0.2) is 42.6 Å². The molecule has 7 nitrogen and oxygen atoms in total. The van der Waals surface area contributed by atoms with Crippen LogP contribution in [0.4, 0.5) is 11.6 Å². The van der Waals surface area contributed by atoms with Gasteiger partial charge in [0, 0.05) is 45.3 Å². The maximum atomic E-state index is 12.6. The summed E-state index contributed by atoms with van der Waals surface area (Å²) in [6.45, 7) is 2.82. The standard InChI is InChI=1S/C22H24ClN5O2/c1-27(2)20-12-15(17-5-3-4-6-19(17)26-20)13-24-21-18(23)11-16(14-25-21)22(29)28-7-9-30-10-8-28/h3-6,11-12,14H,7-10,13H2,1-2H3,(H,24,25). The van der Waals surface area contributed by atoms with Gasteiger partial charge in [-0.15, -0.1) is 0 Å². The Bertz CT molecular complexity index is 1070. The molecular weight excluding hydrogens is 402 g/mol. The lowest BCUT2D eigenvalue weighted by atomic mass is 10.1. The fourth-order valence-corrected chi connectivity index (χ4v) is 3.65. The molecule has 1 saturated heterocycles. The lowest BCUT2D eigenvalue weighted by molar-refractivity contribution is 0.0302. The van der Waals surface area contributed by atoms with E-state index < -0.39 is 0 Å². The largest absolute Gasteiger partial charge is 0.378 e. The van der Waals surface area contributed by atoms with Crippen molar-refractivity contribution in [3.63, 3.8) is 0 Å². The monoisotopic (exact) mass is 425 g/mol. The molecule has 3 heterocycles. The molecule has 0 atom stereocenters. The summed E-state index contributed by atoms with van der Waals surface area (Å²) in [5.41, 5.74) is 2.51.